The highest BCUT2D eigenvalue weighted by molar-refractivity contribution is 5.93. The number of ketones is 1. The molecule has 6 unspecified atom stereocenters. The molecular weight excluding hydrogens is 436 g/mol. The van der Waals surface area contributed by atoms with Crippen LogP contribution in [0.15, 0.2) is 42.5 Å². The molecule has 1 saturated carbocycles. The maximum atomic E-state index is 13.1. The van der Waals surface area contributed by atoms with E-state index in [1.807, 2.05) is 6.07 Å². The number of carbonyl (C=O) groups excluding carboxylic acids is 3. The molecule has 6 atom stereocenters. The average Bonchev–Trinajstić information content (AvgIpc) is 3.36. The SMILES string of the molecule is CCCCC(OC1CCCCO1)C(=O)C=CC1C(OC(=O)c2ccccc2)CC2OC(=O)CC21. The van der Waals surface area contributed by atoms with Crippen molar-refractivity contribution in [1.29, 1.82) is 0 Å². The fourth-order valence-electron chi connectivity index (χ4n) is 5.05. The molecule has 3 aliphatic rings. The maximum Gasteiger partial charge on any atom is 0.338 e. The molecule has 34 heavy (non-hydrogen) atoms. The molecule has 7 heteroatoms. The highest BCUT2D eigenvalue weighted by Gasteiger charge is 2.50. The highest BCUT2D eigenvalue weighted by Crippen LogP contribution is 2.43. The number of unbranched alkanes of at least 4 members (excludes halogenated alkanes) is 1. The molecule has 0 radical (unpaired) electrons. The quantitative estimate of drug-likeness (QED) is 0.370. The summed E-state index contributed by atoms with van der Waals surface area (Å²) in [5, 5.41) is 0. The van der Waals surface area contributed by atoms with Gasteiger partial charge in [-0.2, -0.15) is 0 Å². The predicted octanol–water partition coefficient (Wildman–Crippen LogP) is 4.39. The molecule has 0 spiro atoms. The van der Waals surface area contributed by atoms with Crippen LogP contribution in [0.4, 0.5) is 0 Å². The number of hydrogen-bond donors (Lipinski definition) is 0. The molecule has 0 amide bonds. The number of ether oxygens (including phenoxy) is 4. The molecule has 0 N–H and O–H groups in total. The summed E-state index contributed by atoms with van der Waals surface area (Å²) in [6.07, 6.45) is 7.68. The first kappa shape index (κ1) is 24.6. The average molecular weight is 471 g/mol. The van der Waals surface area contributed by atoms with Crippen molar-refractivity contribution in [3.05, 3.63) is 48.0 Å². The molecule has 4 rings (SSSR count). The summed E-state index contributed by atoms with van der Waals surface area (Å²) in [6, 6.07) is 8.81. The molecule has 0 aromatic heterocycles. The van der Waals surface area contributed by atoms with Gasteiger partial charge in [0.05, 0.1) is 12.0 Å². The third-order valence-corrected chi connectivity index (χ3v) is 6.89. The van der Waals surface area contributed by atoms with Crippen LogP contribution in [0, 0.1) is 11.8 Å². The van der Waals surface area contributed by atoms with Crippen molar-refractivity contribution in [3.63, 3.8) is 0 Å². The van der Waals surface area contributed by atoms with E-state index in [0.29, 0.717) is 25.0 Å². The molecule has 1 aromatic carbocycles. The lowest BCUT2D eigenvalue weighted by atomic mass is 9.91. The van der Waals surface area contributed by atoms with E-state index >= 15 is 0 Å². The van der Waals surface area contributed by atoms with Gasteiger partial charge in [0.15, 0.2) is 12.1 Å². The van der Waals surface area contributed by atoms with Crippen molar-refractivity contribution >= 4 is 17.7 Å². The van der Waals surface area contributed by atoms with Gasteiger partial charge in [-0.05, 0) is 43.9 Å². The molecule has 2 saturated heterocycles. The Hall–Kier alpha value is -2.51. The van der Waals surface area contributed by atoms with Crippen molar-refractivity contribution in [2.75, 3.05) is 6.61 Å². The number of hydrogen-bond acceptors (Lipinski definition) is 7. The molecule has 184 valence electrons. The molecular formula is C27H34O7. The summed E-state index contributed by atoms with van der Waals surface area (Å²) < 4.78 is 23.0. The standard InChI is InChI=1S/C27H34O7/c1-2-3-11-22(33-26-12-7-8-15-31-26)21(28)14-13-19-20-16-25(29)32-24(20)17-23(19)34-27(30)18-9-5-4-6-10-18/h4-6,9-10,13-14,19-20,22-24,26H,2-3,7-8,11-12,15-17H2,1H3. The van der Waals surface area contributed by atoms with E-state index in [0.717, 1.165) is 32.1 Å². The molecule has 1 aromatic rings. The van der Waals surface area contributed by atoms with Crippen LogP contribution in [-0.4, -0.2) is 48.9 Å². The van der Waals surface area contributed by atoms with Gasteiger partial charge in [-0.3, -0.25) is 9.59 Å². The molecule has 2 aliphatic heterocycles. The Morgan fingerprint density at radius 1 is 1.21 bits per heavy atom. The molecule has 7 nitrogen and oxygen atoms in total. The van der Waals surface area contributed by atoms with Gasteiger partial charge < -0.3 is 18.9 Å². The Labute approximate surface area is 200 Å². The van der Waals surface area contributed by atoms with Crippen LogP contribution >= 0.6 is 0 Å². The second-order valence-electron chi connectivity index (χ2n) is 9.34. The number of rotatable bonds is 10. The molecule has 2 heterocycles. The van der Waals surface area contributed by atoms with Crippen LogP contribution in [-0.2, 0) is 28.5 Å². The summed E-state index contributed by atoms with van der Waals surface area (Å²) in [5.41, 5.74) is 0.468. The zero-order chi connectivity index (χ0) is 23.9. The lowest BCUT2D eigenvalue weighted by Gasteiger charge is -2.27. The number of esters is 2. The first-order chi connectivity index (χ1) is 16.5. The minimum Gasteiger partial charge on any atom is -0.462 e. The van der Waals surface area contributed by atoms with E-state index in [-0.39, 0.29) is 42.4 Å². The van der Waals surface area contributed by atoms with Crippen LogP contribution in [0.25, 0.3) is 0 Å². The van der Waals surface area contributed by atoms with Gasteiger partial charge in [-0.1, -0.05) is 44.0 Å². The number of fused-ring (bicyclic) bond motifs is 1. The van der Waals surface area contributed by atoms with Crippen molar-refractivity contribution in [3.8, 4) is 0 Å². The van der Waals surface area contributed by atoms with E-state index in [9.17, 15) is 14.4 Å². The van der Waals surface area contributed by atoms with Crippen LogP contribution in [0.3, 0.4) is 0 Å². The third kappa shape index (κ3) is 6.13. The van der Waals surface area contributed by atoms with Crippen LogP contribution in [0.2, 0.25) is 0 Å². The van der Waals surface area contributed by atoms with E-state index in [4.69, 9.17) is 18.9 Å². The van der Waals surface area contributed by atoms with Crippen molar-refractivity contribution in [1.82, 2.24) is 0 Å². The summed E-state index contributed by atoms with van der Waals surface area (Å²) in [7, 11) is 0. The summed E-state index contributed by atoms with van der Waals surface area (Å²) in [6.45, 7) is 2.73. The Balaban J connectivity index is 1.45. The zero-order valence-corrected chi connectivity index (χ0v) is 19.7. The Morgan fingerprint density at radius 3 is 2.76 bits per heavy atom. The predicted molar refractivity (Wildman–Crippen MR) is 124 cm³/mol. The summed E-state index contributed by atoms with van der Waals surface area (Å²) >= 11 is 0. The fourth-order valence-corrected chi connectivity index (χ4v) is 5.05. The molecule has 3 fully saturated rings. The van der Waals surface area contributed by atoms with Gasteiger partial charge >= 0.3 is 11.9 Å². The first-order valence-electron chi connectivity index (χ1n) is 12.5. The Kier molecular flexibility index (Phi) is 8.51. The van der Waals surface area contributed by atoms with Gasteiger partial charge in [-0.15, -0.1) is 0 Å². The monoisotopic (exact) mass is 470 g/mol. The lowest BCUT2D eigenvalue weighted by molar-refractivity contribution is -0.190. The van der Waals surface area contributed by atoms with Crippen molar-refractivity contribution in [2.45, 2.75) is 82.9 Å². The largest absolute Gasteiger partial charge is 0.462 e. The van der Waals surface area contributed by atoms with Gasteiger partial charge in [0.1, 0.15) is 18.3 Å². The second kappa shape index (κ2) is 11.8. The normalized spacial score (nSPS) is 29.6. The van der Waals surface area contributed by atoms with Gasteiger partial charge in [-0.25, -0.2) is 4.79 Å². The fraction of sp³-hybridized carbons (Fsp3) is 0.593. The van der Waals surface area contributed by atoms with Crippen molar-refractivity contribution in [2.24, 2.45) is 11.8 Å². The molecule has 0 bridgehead atoms. The van der Waals surface area contributed by atoms with Crippen LogP contribution < -0.4 is 0 Å². The highest BCUT2D eigenvalue weighted by atomic mass is 16.7. The lowest BCUT2D eigenvalue weighted by Crippen LogP contribution is -2.32. The number of carbonyl (C=O) groups is 3. The first-order valence-corrected chi connectivity index (χ1v) is 12.5. The second-order valence-corrected chi connectivity index (χ2v) is 9.34. The van der Waals surface area contributed by atoms with Crippen LogP contribution in [0.1, 0.15) is 68.6 Å². The Morgan fingerprint density at radius 2 is 2.03 bits per heavy atom. The van der Waals surface area contributed by atoms with Gasteiger partial charge in [0.25, 0.3) is 0 Å². The van der Waals surface area contributed by atoms with Crippen LogP contribution in [0.5, 0.6) is 0 Å². The van der Waals surface area contributed by atoms with Gasteiger partial charge in [0.2, 0.25) is 0 Å². The van der Waals surface area contributed by atoms with E-state index in [1.54, 1.807) is 36.4 Å². The maximum absolute atomic E-state index is 13.1. The zero-order valence-electron chi connectivity index (χ0n) is 19.7. The van der Waals surface area contributed by atoms with E-state index < -0.39 is 18.2 Å². The molecule has 1 aliphatic carbocycles. The third-order valence-electron chi connectivity index (χ3n) is 6.89. The van der Waals surface area contributed by atoms with E-state index in [1.165, 1.54) is 0 Å². The van der Waals surface area contributed by atoms with E-state index in [2.05, 4.69) is 6.92 Å². The minimum atomic E-state index is -0.566. The Bertz CT molecular complexity index is 874. The smallest absolute Gasteiger partial charge is 0.338 e. The van der Waals surface area contributed by atoms with Crippen molar-refractivity contribution < 1.29 is 33.3 Å². The summed E-state index contributed by atoms with van der Waals surface area (Å²) in [5.74, 6) is -1.16. The minimum absolute atomic E-state index is 0.109. The topological polar surface area (TPSA) is 88.1 Å². The number of benzene rings is 1. The summed E-state index contributed by atoms with van der Waals surface area (Å²) in [4.78, 5) is 37.7. The van der Waals surface area contributed by atoms with Gasteiger partial charge in [0, 0.05) is 24.9 Å².